The van der Waals surface area contributed by atoms with E-state index in [2.05, 4.69) is 0 Å². The first-order valence-electron chi connectivity index (χ1n) is 9.38. The van der Waals surface area contributed by atoms with Crippen molar-refractivity contribution >= 4 is 23.1 Å². The lowest BCUT2D eigenvalue weighted by Crippen LogP contribution is -2.50. The maximum Gasteiger partial charge on any atom is 0.230 e. The van der Waals surface area contributed by atoms with Gasteiger partial charge in [-0.2, -0.15) is 0 Å². The third-order valence-corrected chi connectivity index (χ3v) is 5.37. The molecular weight excluding hydrogens is 364 g/mol. The molecule has 0 saturated carbocycles. The Hall–Kier alpha value is -3.66. The molecular formula is C25H18O4. The molecule has 29 heavy (non-hydrogen) atoms. The molecule has 142 valence electrons. The molecule has 4 nitrogen and oxygen atoms in total. The number of benzene rings is 3. The predicted molar refractivity (Wildman–Crippen MR) is 108 cm³/mol. The maximum atomic E-state index is 13.5. The Morgan fingerprint density at radius 2 is 1.07 bits per heavy atom. The van der Waals surface area contributed by atoms with Crippen molar-refractivity contribution in [1.82, 2.24) is 0 Å². The molecule has 3 aromatic rings. The minimum absolute atomic E-state index is 0.102. The van der Waals surface area contributed by atoms with Gasteiger partial charge in [-0.25, -0.2) is 0 Å². The summed E-state index contributed by atoms with van der Waals surface area (Å²) in [7, 11) is 0. The minimum Gasteiger partial charge on any atom is -0.297 e. The van der Waals surface area contributed by atoms with Gasteiger partial charge in [-0.3, -0.25) is 19.2 Å². The summed E-state index contributed by atoms with van der Waals surface area (Å²) in [4.78, 5) is 52.8. The van der Waals surface area contributed by atoms with Crippen LogP contribution in [0.2, 0.25) is 0 Å². The topological polar surface area (TPSA) is 68.3 Å². The van der Waals surface area contributed by atoms with Gasteiger partial charge in [-0.05, 0) is 16.7 Å². The van der Waals surface area contributed by atoms with Crippen LogP contribution in [0.1, 0.15) is 27.0 Å². The smallest absolute Gasteiger partial charge is 0.230 e. The van der Waals surface area contributed by atoms with Gasteiger partial charge < -0.3 is 0 Å². The number of hydrogen-bond donors (Lipinski definition) is 0. The van der Waals surface area contributed by atoms with Crippen LogP contribution in [0.4, 0.5) is 0 Å². The fourth-order valence-electron chi connectivity index (χ4n) is 3.96. The Bertz CT molecular complexity index is 1060. The first kappa shape index (κ1) is 18.7. The lowest BCUT2D eigenvalue weighted by atomic mass is 9.70. The Morgan fingerprint density at radius 1 is 0.621 bits per heavy atom. The second-order valence-corrected chi connectivity index (χ2v) is 7.12. The number of carbonyl (C=O) groups is 4. The number of rotatable bonds is 6. The zero-order valence-corrected chi connectivity index (χ0v) is 15.6. The van der Waals surface area contributed by atoms with Gasteiger partial charge in [0.25, 0.3) is 0 Å². The molecule has 0 fully saturated rings. The highest BCUT2D eigenvalue weighted by molar-refractivity contribution is 6.59. The highest BCUT2D eigenvalue weighted by atomic mass is 16.2. The van der Waals surface area contributed by atoms with Crippen molar-refractivity contribution < 1.29 is 19.2 Å². The average Bonchev–Trinajstić information content (AvgIpc) is 2.98. The summed E-state index contributed by atoms with van der Waals surface area (Å²) in [6, 6.07) is 24.2. The van der Waals surface area contributed by atoms with Crippen molar-refractivity contribution in [3.63, 3.8) is 0 Å². The molecule has 0 radical (unpaired) electrons. The molecule has 0 aromatic heterocycles. The first-order valence-corrected chi connectivity index (χ1v) is 9.38. The summed E-state index contributed by atoms with van der Waals surface area (Å²) in [5.74, 6) is -2.84. The summed E-state index contributed by atoms with van der Waals surface area (Å²) in [6.07, 6.45) is -0.205. The first-order chi connectivity index (χ1) is 14.0. The van der Waals surface area contributed by atoms with E-state index in [9.17, 15) is 19.2 Å². The lowest BCUT2D eigenvalue weighted by molar-refractivity contribution is -0.140. The molecule has 0 bridgehead atoms. The molecule has 0 saturated heterocycles. The molecule has 4 heteroatoms. The van der Waals surface area contributed by atoms with Crippen LogP contribution in [0.5, 0.6) is 0 Å². The Kier molecular flexibility index (Phi) is 4.77. The second-order valence-electron chi connectivity index (χ2n) is 7.12. The Labute approximate surface area is 168 Å². The minimum atomic E-state index is -2.08. The van der Waals surface area contributed by atoms with Gasteiger partial charge in [0.1, 0.15) is 0 Å². The fourth-order valence-corrected chi connectivity index (χ4v) is 3.96. The van der Waals surface area contributed by atoms with Crippen molar-refractivity contribution in [3.8, 4) is 0 Å². The van der Waals surface area contributed by atoms with Gasteiger partial charge in [0, 0.05) is 18.4 Å². The number of fused-ring (bicyclic) bond motifs is 1. The van der Waals surface area contributed by atoms with Crippen LogP contribution < -0.4 is 0 Å². The quantitative estimate of drug-likeness (QED) is 0.485. The van der Waals surface area contributed by atoms with Crippen molar-refractivity contribution in [2.24, 2.45) is 0 Å². The highest BCUT2D eigenvalue weighted by Crippen LogP contribution is 2.39. The van der Waals surface area contributed by atoms with Crippen LogP contribution in [0.15, 0.2) is 84.9 Å². The molecule has 0 N–H and O–H groups in total. The Balaban J connectivity index is 1.84. The van der Waals surface area contributed by atoms with Crippen LogP contribution in [0, 0.1) is 0 Å². The van der Waals surface area contributed by atoms with Gasteiger partial charge in [0.15, 0.2) is 17.0 Å². The SMILES string of the molecule is O=C1C(=O)C(C(=O)Cc2ccccc2)(C(=O)Cc2ccccc2)c2ccccc21. The van der Waals surface area contributed by atoms with Crippen LogP contribution >= 0.6 is 0 Å². The van der Waals surface area contributed by atoms with Crippen LogP contribution in [-0.4, -0.2) is 23.1 Å². The van der Waals surface area contributed by atoms with Crippen molar-refractivity contribution in [3.05, 3.63) is 107 Å². The van der Waals surface area contributed by atoms with Gasteiger partial charge in [-0.15, -0.1) is 0 Å². The maximum absolute atomic E-state index is 13.5. The predicted octanol–water partition coefficient (Wildman–Crippen LogP) is 3.31. The number of Topliss-reactive ketones (excluding diaryl/α,β-unsaturated/α-hetero) is 4. The summed E-state index contributed by atoms with van der Waals surface area (Å²) < 4.78 is 0. The van der Waals surface area contributed by atoms with Gasteiger partial charge >= 0.3 is 0 Å². The zero-order valence-electron chi connectivity index (χ0n) is 15.6. The van der Waals surface area contributed by atoms with Crippen molar-refractivity contribution in [2.45, 2.75) is 18.3 Å². The molecule has 0 spiro atoms. The molecule has 3 aromatic carbocycles. The Morgan fingerprint density at radius 3 is 1.59 bits per heavy atom. The zero-order chi connectivity index (χ0) is 20.4. The highest BCUT2D eigenvalue weighted by Gasteiger charge is 2.60. The van der Waals surface area contributed by atoms with E-state index < -0.39 is 28.5 Å². The van der Waals surface area contributed by atoms with Crippen molar-refractivity contribution in [2.75, 3.05) is 0 Å². The second kappa shape index (κ2) is 7.40. The monoisotopic (exact) mass is 382 g/mol. The number of hydrogen-bond acceptors (Lipinski definition) is 4. The summed E-state index contributed by atoms with van der Waals surface area (Å²) in [6.45, 7) is 0. The molecule has 0 heterocycles. The third-order valence-electron chi connectivity index (χ3n) is 5.37. The van der Waals surface area contributed by atoms with Crippen LogP contribution in [0.25, 0.3) is 0 Å². The van der Waals surface area contributed by atoms with E-state index >= 15 is 0 Å². The van der Waals surface area contributed by atoms with Gasteiger partial charge in [0.05, 0.1) is 0 Å². The van der Waals surface area contributed by atoms with Crippen LogP contribution in [0.3, 0.4) is 0 Å². The van der Waals surface area contributed by atoms with E-state index in [1.807, 2.05) is 12.1 Å². The van der Waals surface area contributed by atoms with E-state index in [0.717, 1.165) is 0 Å². The molecule has 1 aliphatic rings. The van der Waals surface area contributed by atoms with E-state index in [-0.39, 0.29) is 24.0 Å². The molecule has 0 amide bonds. The van der Waals surface area contributed by atoms with E-state index in [1.54, 1.807) is 66.7 Å². The largest absolute Gasteiger partial charge is 0.297 e. The van der Waals surface area contributed by atoms with Crippen LogP contribution in [-0.2, 0) is 32.6 Å². The fraction of sp³-hybridized carbons (Fsp3) is 0.120. The summed E-state index contributed by atoms with van der Waals surface area (Å²) in [5, 5.41) is 0. The lowest BCUT2D eigenvalue weighted by Gasteiger charge is -2.25. The van der Waals surface area contributed by atoms with Crippen molar-refractivity contribution in [1.29, 1.82) is 0 Å². The van der Waals surface area contributed by atoms with Gasteiger partial charge in [0.2, 0.25) is 11.6 Å². The third kappa shape index (κ3) is 3.03. The molecule has 4 rings (SSSR count). The standard InChI is InChI=1S/C25H18O4/c26-21(15-17-9-3-1-4-10-17)25(22(27)16-18-11-5-2-6-12-18)20-14-8-7-13-19(20)23(28)24(25)29/h1-14H,15-16H2. The summed E-state index contributed by atoms with van der Waals surface area (Å²) in [5.41, 5.74) is -0.362. The average molecular weight is 382 g/mol. The molecule has 0 unspecified atom stereocenters. The van der Waals surface area contributed by atoms with E-state index in [4.69, 9.17) is 0 Å². The molecule has 0 atom stereocenters. The van der Waals surface area contributed by atoms with E-state index in [0.29, 0.717) is 11.1 Å². The van der Waals surface area contributed by atoms with E-state index in [1.165, 1.54) is 6.07 Å². The van der Waals surface area contributed by atoms with Gasteiger partial charge in [-0.1, -0.05) is 84.9 Å². The molecule has 0 aliphatic heterocycles. The summed E-state index contributed by atoms with van der Waals surface area (Å²) >= 11 is 0. The molecule has 1 aliphatic carbocycles. The number of ketones is 4. The number of carbonyl (C=O) groups excluding carboxylic acids is 4. The normalized spacial score (nSPS) is 14.5.